The minimum atomic E-state index is 0.207. The van der Waals surface area contributed by atoms with E-state index in [1.165, 1.54) is 0 Å². The van der Waals surface area contributed by atoms with E-state index in [2.05, 4.69) is 4.90 Å². The number of carbonyl (C=O) groups excluding carboxylic acids is 1. The van der Waals surface area contributed by atoms with Gasteiger partial charge in [0.15, 0.2) is 0 Å². The summed E-state index contributed by atoms with van der Waals surface area (Å²) in [5.41, 5.74) is 0. The first kappa shape index (κ1) is 12.8. The second kappa shape index (κ2) is 7.09. The Morgan fingerprint density at radius 3 is 2.80 bits per heavy atom. The largest absolute Gasteiger partial charge is 0.395 e. The lowest BCUT2D eigenvalue weighted by Gasteiger charge is -2.21. The molecule has 0 unspecified atom stereocenters. The van der Waals surface area contributed by atoms with Gasteiger partial charge in [0, 0.05) is 26.2 Å². The Morgan fingerprint density at radius 2 is 2.13 bits per heavy atom. The van der Waals surface area contributed by atoms with Crippen molar-refractivity contribution in [2.45, 2.75) is 6.42 Å². The van der Waals surface area contributed by atoms with Gasteiger partial charge in [-0.3, -0.25) is 9.69 Å². The van der Waals surface area contributed by atoms with E-state index in [-0.39, 0.29) is 12.5 Å². The van der Waals surface area contributed by atoms with E-state index in [9.17, 15) is 4.79 Å². The van der Waals surface area contributed by atoms with Crippen LogP contribution in [0.1, 0.15) is 6.42 Å². The first-order valence-corrected chi connectivity index (χ1v) is 6.77. The van der Waals surface area contributed by atoms with Gasteiger partial charge in [-0.1, -0.05) is 0 Å². The van der Waals surface area contributed by atoms with Crippen molar-refractivity contribution < 1.29 is 9.90 Å². The summed E-state index contributed by atoms with van der Waals surface area (Å²) < 4.78 is 0. The number of hydrogen-bond acceptors (Lipinski definition) is 4. The van der Waals surface area contributed by atoms with Crippen LogP contribution in [-0.4, -0.2) is 72.2 Å². The van der Waals surface area contributed by atoms with Crippen molar-refractivity contribution in [3.63, 3.8) is 0 Å². The predicted molar refractivity (Wildman–Crippen MR) is 63.1 cm³/mol. The Morgan fingerprint density at radius 1 is 1.33 bits per heavy atom. The van der Waals surface area contributed by atoms with Gasteiger partial charge < -0.3 is 10.0 Å². The van der Waals surface area contributed by atoms with Crippen LogP contribution in [0.5, 0.6) is 0 Å². The average molecular weight is 232 g/mol. The van der Waals surface area contributed by atoms with E-state index < -0.39 is 0 Å². The molecule has 0 atom stereocenters. The number of thioether (sulfide) groups is 1. The summed E-state index contributed by atoms with van der Waals surface area (Å²) in [6.45, 7) is 4.48. The van der Waals surface area contributed by atoms with Gasteiger partial charge in [-0.2, -0.15) is 11.8 Å². The molecule has 1 rings (SSSR count). The lowest BCUT2D eigenvalue weighted by Crippen LogP contribution is -2.36. The SMILES string of the molecule is CSCC(=O)N1CCCN(CCO)CC1. The standard InChI is InChI=1S/C10H20N2O2S/c1-15-9-10(14)12-4-2-3-11(5-6-12)7-8-13/h13H,2-9H2,1H3. The first-order valence-electron chi connectivity index (χ1n) is 5.38. The first-order chi connectivity index (χ1) is 7.27. The van der Waals surface area contributed by atoms with Crippen molar-refractivity contribution in [1.29, 1.82) is 0 Å². The quantitative estimate of drug-likeness (QED) is 0.734. The van der Waals surface area contributed by atoms with Crippen LogP contribution in [0.25, 0.3) is 0 Å². The molecule has 0 aromatic rings. The second-order valence-electron chi connectivity index (χ2n) is 3.73. The molecule has 0 spiro atoms. The van der Waals surface area contributed by atoms with Crippen LogP contribution >= 0.6 is 11.8 Å². The van der Waals surface area contributed by atoms with E-state index in [0.717, 1.165) is 39.1 Å². The van der Waals surface area contributed by atoms with Crippen molar-refractivity contribution in [3.05, 3.63) is 0 Å². The second-order valence-corrected chi connectivity index (χ2v) is 4.60. The lowest BCUT2D eigenvalue weighted by atomic mass is 10.4. The lowest BCUT2D eigenvalue weighted by molar-refractivity contribution is -0.128. The van der Waals surface area contributed by atoms with Crippen LogP contribution < -0.4 is 0 Å². The highest BCUT2D eigenvalue weighted by molar-refractivity contribution is 7.99. The molecule has 0 aromatic heterocycles. The number of rotatable bonds is 4. The van der Waals surface area contributed by atoms with Gasteiger partial charge in [-0.05, 0) is 19.2 Å². The summed E-state index contributed by atoms with van der Waals surface area (Å²) in [4.78, 5) is 15.8. The molecule has 4 nitrogen and oxygen atoms in total. The van der Waals surface area contributed by atoms with Crippen LogP contribution in [0.15, 0.2) is 0 Å². The molecule has 1 saturated heterocycles. The highest BCUT2D eigenvalue weighted by Crippen LogP contribution is 2.05. The molecular weight excluding hydrogens is 212 g/mol. The zero-order valence-electron chi connectivity index (χ0n) is 9.31. The molecule has 88 valence electrons. The van der Waals surface area contributed by atoms with Crippen molar-refractivity contribution in [3.8, 4) is 0 Å². The molecule has 0 saturated carbocycles. The van der Waals surface area contributed by atoms with Gasteiger partial charge in [0.1, 0.15) is 0 Å². The smallest absolute Gasteiger partial charge is 0.232 e. The summed E-state index contributed by atoms with van der Waals surface area (Å²) in [6, 6.07) is 0. The molecule has 1 amide bonds. The molecule has 0 radical (unpaired) electrons. The molecule has 5 heteroatoms. The number of nitrogens with zero attached hydrogens (tertiary/aromatic N) is 2. The fourth-order valence-electron chi connectivity index (χ4n) is 1.80. The van der Waals surface area contributed by atoms with Gasteiger partial charge in [-0.25, -0.2) is 0 Å². The Labute approximate surface area is 95.6 Å². The van der Waals surface area contributed by atoms with E-state index in [0.29, 0.717) is 5.75 Å². The molecule has 1 heterocycles. The maximum Gasteiger partial charge on any atom is 0.232 e. The number of carbonyl (C=O) groups is 1. The minimum Gasteiger partial charge on any atom is -0.395 e. The summed E-state index contributed by atoms with van der Waals surface area (Å²) in [7, 11) is 0. The van der Waals surface area contributed by atoms with Crippen LogP contribution in [0, 0.1) is 0 Å². The van der Waals surface area contributed by atoms with Crippen molar-refractivity contribution in [1.82, 2.24) is 9.80 Å². The molecule has 1 aliphatic rings. The zero-order valence-corrected chi connectivity index (χ0v) is 10.1. The number of aliphatic hydroxyl groups is 1. The maximum atomic E-state index is 11.7. The van der Waals surface area contributed by atoms with Crippen LogP contribution in [0.3, 0.4) is 0 Å². The van der Waals surface area contributed by atoms with Crippen LogP contribution in [0.4, 0.5) is 0 Å². The van der Waals surface area contributed by atoms with Gasteiger partial charge in [0.2, 0.25) is 5.91 Å². The molecule has 0 aliphatic carbocycles. The van der Waals surface area contributed by atoms with Crippen molar-refractivity contribution in [2.24, 2.45) is 0 Å². The third-order valence-electron chi connectivity index (χ3n) is 2.63. The summed E-state index contributed by atoms with van der Waals surface area (Å²) in [5.74, 6) is 0.827. The molecule has 15 heavy (non-hydrogen) atoms. The average Bonchev–Trinajstić information content (AvgIpc) is 2.44. The summed E-state index contributed by atoms with van der Waals surface area (Å²) >= 11 is 1.58. The van der Waals surface area contributed by atoms with E-state index >= 15 is 0 Å². The molecule has 0 bridgehead atoms. The third-order valence-corrected chi connectivity index (χ3v) is 3.16. The summed E-state index contributed by atoms with van der Waals surface area (Å²) in [5, 5.41) is 8.84. The van der Waals surface area contributed by atoms with Gasteiger partial charge in [0.25, 0.3) is 0 Å². The molecule has 1 N–H and O–H groups in total. The molecule has 1 fully saturated rings. The van der Waals surface area contributed by atoms with Gasteiger partial charge >= 0.3 is 0 Å². The number of hydrogen-bond donors (Lipinski definition) is 1. The Bertz CT molecular complexity index is 202. The maximum absolute atomic E-state index is 11.7. The topological polar surface area (TPSA) is 43.8 Å². The minimum absolute atomic E-state index is 0.207. The molecular formula is C10H20N2O2S. The highest BCUT2D eigenvalue weighted by atomic mass is 32.2. The Balaban J connectivity index is 2.35. The van der Waals surface area contributed by atoms with E-state index in [4.69, 9.17) is 5.11 Å². The van der Waals surface area contributed by atoms with Crippen LogP contribution in [0.2, 0.25) is 0 Å². The Hall–Kier alpha value is -0.260. The van der Waals surface area contributed by atoms with Crippen LogP contribution in [-0.2, 0) is 4.79 Å². The van der Waals surface area contributed by atoms with Crippen molar-refractivity contribution >= 4 is 17.7 Å². The number of aliphatic hydroxyl groups excluding tert-OH is 1. The van der Waals surface area contributed by atoms with E-state index in [1.807, 2.05) is 11.2 Å². The predicted octanol–water partition coefficient (Wildman–Crippen LogP) is -0.124. The highest BCUT2D eigenvalue weighted by Gasteiger charge is 2.17. The normalized spacial score (nSPS) is 18.9. The number of amides is 1. The van der Waals surface area contributed by atoms with E-state index in [1.54, 1.807) is 11.8 Å². The molecule has 0 aromatic carbocycles. The fraction of sp³-hybridized carbons (Fsp3) is 0.900. The monoisotopic (exact) mass is 232 g/mol. The van der Waals surface area contributed by atoms with Gasteiger partial charge in [0.05, 0.1) is 12.4 Å². The molecule has 1 aliphatic heterocycles. The third kappa shape index (κ3) is 4.40. The summed E-state index contributed by atoms with van der Waals surface area (Å²) in [6.07, 6.45) is 2.97. The Kier molecular flexibility index (Phi) is 6.05. The van der Waals surface area contributed by atoms with Gasteiger partial charge in [-0.15, -0.1) is 0 Å². The zero-order chi connectivity index (χ0) is 11.1. The fourth-order valence-corrected chi connectivity index (χ4v) is 2.23. The van der Waals surface area contributed by atoms with Crippen molar-refractivity contribution in [2.75, 3.05) is 51.3 Å². The number of β-amino-alcohol motifs (C(OH)–C–C–N with tert-alkyl or cyclic N) is 1.